The lowest BCUT2D eigenvalue weighted by Gasteiger charge is -1.95. The van der Waals surface area contributed by atoms with Gasteiger partial charge in [-0.1, -0.05) is 24.8 Å². The Morgan fingerprint density at radius 3 is 2.85 bits per heavy atom. The summed E-state index contributed by atoms with van der Waals surface area (Å²) < 4.78 is 10.8. The third-order valence-electron chi connectivity index (χ3n) is 3.16. The largest absolute Gasteiger partial charge is 0.569 e. The molecule has 2 aromatic heterocycles. The molecule has 0 fully saturated rings. The lowest BCUT2D eigenvalue weighted by molar-refractivity contribution is 0.461. The van der Waals surface area contributed by atoms with Crippen LogP contribution in [0.5, 0.6) is 5.06 Å². The Hall–Kier alpha value is -1.98. The molecule has 1 aromatic carbocycles. The summed E-state index contributed by atoms with van der Waals surface area (Å²) in [5.74, 6) is 0. The van der Waals surface area contributed by atoms with Crippen molar-refractivity contribution in [3.8, 4) is 5.06 Å². The molecule has 2 heterocycles. The van der Waals surface area contributed by atoms with E-state index in [1.165, 1.54) is 11.3 Å². The van der Waals surface area contributed by atoms with Crippen molar-refractivity contribution in [2.45, 2.75) is 6.92 Å². The lowest BCUT2D eigenvalue weighted by Crippen LogP contribution is -2.20. The maximum absolute atomic E-state index is 8.65. The van der Waals surface area contributed by atoms with Gasteiger partial charge in [-0.2, -0.15) is 0 Å². The fourth-order valence-electron chi connectivity index (χ4n) is 2.15. The van der Waals surface area contributed by atoms with Gasteiger partial charge in [-0.3, -0.25) is 0 Å². The summed E-state index contributed by atoms with van der Waals surface area (Å²) in [7, 11) is 0.680. The first-order valence-corrected chi connectivity index (χ1v) is 6.92. The van der Waals surface area contributed by atoms with Crippen LogP contribution in [-0.2, 0) is 0 Å². The molecular formula is C15H12BO3S. The van der Waals surface area contributed by atoms with Crippen molar-refractivity contribution in [2.75, 3.05) is 0 Å². The molecule has 1 N–H and O–H groups in total. The highest BCUT2D eigenvalue weighted by atomic mass is 32.1. The summed E-state index contributed by atoms with van der Waals surface area (Å²) in [6, 6.07) is 11.6. The Kier molecular flexibility index (Phi) is 3.38. The average Bonchev–Trinajstić information content (AvgIpc) is 3.05. The third-order valence-corrected chi connectivity index (χ3v) is 4.25. The van der Waals surface area contributed by atoms with Gasteiger partial charge in [0.15, 0.2) is 5.06 Å². The molecule has 20 heavy (non-hydrogen) atoms. The number of fused-ring (bicyclic) bond motifs is 1. The number of para-hydroxylation sites is 1. The van der Waals surface area contributed by atoms with Crippen LogP contribution >= 0.6 is 11.3 Å². The van der Waals surface area contributed by atoms with Crippen LogP contribution in [0.2, 0.25) is 0 Å². The lowest BCUT2D eigenvalue weighted by atomic mass is 10.2. The number of benzene rings is 1. The minimum atomic E-state index is 0.628. The molecule has 0 spiro atoms. The predicted octanol–water partition coefficient (Wildman–Crippen LogP) is 2.03. The number of thiophene rings is 1. The molecule has 5 heteroatoms. The van der Waals surface area contributed by atoms with E-state index in [2.05, 4.69) is 6.58 Å². The van der Waals surface area contributed by atoms with Crippen molar-refractivity contribution in [2.24, 2.45) is 0 Å². The fourth-order valence-corrected chi connectivity index (χ4v) is 2.98. The first-order chi connectivity index (χ1) is 9.70. The Balaban J connectivity index is 2.19. The van der Waals surface area contributed by atoms with Crippen LogP contribution in [0.25, 0.3) is 23.1 Å². The van der Waals surface area contributed by atoms with Gasteiger partial charge in [-0.15, -0.1) is 11.3 Å². The maximum Gasteiger partial charge on any atom is 0.569 e. The van der Waals surface area contributed by atoms with Crippen LogP contribution < -0.4 is 15.3 Å². The van der Waals surface area contributed by atoms with E-state index in [9.17, 15) is 0 Å². The Bertz CT molecular complexity index is 863. The van der Waals surface area contributed by atoms with Gasteiger partial charge in [0.2, 0.25) is 0 Å². The summed E-state index contributed by atoms with van der Waals surface area (Å²) in [4.78, 5) is 1.02. The predicted molar refractivity (Wildman–Crippen MR) is 82.1 cm³/mol. The molecule has 0 aliphatic carbocycles. The van der Waals surface area contributed by atoms with E-state index in [0.717, 1.165) is 32.1 Å². The van der Waals surface area contributed by atoms with E-state index in [1.807, 2.05) is 43.3 Å². The van der Waals surface area contributed by atoms with Crippen LogP contribution in [0.4, 0.5) is 0 Å². The molecule has 0 unspecified atom stereocenters. The topological polar surface area (TPSA) is 42.6 Å². The molecule has 99 valence electrons. The second-order valence-electron chi connectivity index (χ2n) is 4.37. The summed E-state index contributed by atoms with van der Waals surface area (Å²) in [5, 5.41) is 11.2. The summed E-state index contributed by atoms with van der Waals surface area (Å²) >= 11 is 1.44. The van der Waals surface area contributed by atoms with E-state index in [0.29, 0.717) is 12.7 Å². The van der Waals surface area contributed by atoms with Crippen molar-refractivity contribution in [3.63, 3.8) is 0 Å². The molecular weight excluding hydrogens is 271 g/mol. The molecule has 0 amide bonds. The Morgan fingerprint density at radius 2 is 2.10 bits per heavy atom. The summed E-state index contributed by atoms with van der Waals surface area (Å²) in [5.41, 5.74) is 2.63. The smallest absolute Gasteiger partial charge is 0.530 e. The van der Waals surface area contributed by atoms with Gasteiger partial charge in [0, 0.05) is 21.1 Å². The molecule has 3 aromatic rings. The van der Waals surface area contributed by atoms with Crippen LogP contribution in [0.3, 0.4) is 0 Å². The van der Waals surface area contributed by atoms with Crippen LogP contribution in [0.15, 0.2) is 40.8 Å². The van der Waals surface area contributed by atoms with E-state index in [1.54, 1.807) is 0 Å². The number of hydrogen-bond donors (Lipinski definition) is 1. The normalized spacial score (nSPS) is 12.5. The first kappa shape index (κ1) is 13.0. The molecule has 3 nitrogen and oxygen atoms in total. The Labute approximate surface area is 120 Å². The first-order valence-electron chi connectivity index (χ1n) is 6.11. The molecule has 0 atom stereocenters. The standard InChI is InChI=1S/C15H12BO3S/c1-9-11-5-3-4-6-12(11)18-15(9)10(2)13-7-8-14(20-13)19-16-17/h3-8,17H,1H2,2H3/b15-10-. The van der Waals surface area contributed by atoms with E-state index in [-0.39, 0.29) is 0 Å². The van der Waals surface area contributed by atoms with Gasteiger partial charge >= 0.3 is 7.69 Å². The van der Waals surface area contributed by atoms with Crippen molar-refractivity contribution < 1.29 is 14.1 Å². The number of furan rings is 1. The minimum absolute atomic E-state index is 0.628. The van der Waals surface area contributed by atoms with Crippen molar-refractivity contribution in [1.29, 1.82) is 0 Å². The minimum Gasteiger partial charge on any atom is -0.530 e. The quantitative estimate of drug-likeness (QED) is 0.748. The summed E-state index contributed by atoms with van der Waals surface area (Å²) in [6.45, 7) is 6.10. The number of hydrogen-bond acceptors (Lipinski definition) is 4. The van der Waals surface area contributed by atoms with E-state index < -0.39 is 0 Å². The molecule has 0 saturated carbocycles. The highest BCUT2D eigenvalue weighted by Crippen LogP contribution is 2.28. The van der Waals surface area contributed by atoms with Gasteiger partial charge in [0.1, 0.15) is 11.0 Å². The highest BCUT2D eigenvalue weighted by Gasteiger charge is 2.08. The van der Waals surface area contributed by atoms with Gasteiger partial charge in [0.05, 0.1) is 0 Å². The van der Waals surface area contributed by atoms with Gasteiger partial charge < -0.3 is 14.1 Å². The van der Waals surface area contributed by atoms with Crippen LogP contribution in [0.1, 0.15) is 11.8 Å². The molecule has 0 aliphatic rings. The van der Waals surface area contributed by atoms with Gasteiger partial charge in [-0.05, 0) is 25.1 Å². The molecule has 3 rings (SSSR count). The SMILES string of the molecule is C=c1/c(=C(\C)c2ccc(O[B]O)s2)oc2ccccc12. The number of rotatable bonds is 3. The highest BCUT2D eigenvalue weighted by molar-refractivity contribution is 7.15. The second kappa shape index (κ2) is 5.19. The zero-order valence-electron chi connectivity index (χ0n) is 10.9. The molecule has 1 radical (unpaired) electrons. The van der Waals surface area contributed by atoms with Crippen molar-refractivity contribution in [1.82, 2.24) is 0 Å². The van der Waals surface area contributed by atoms with Crippen molar-refractivity contribution >= 4 is 42.1 Å². The second-order valence-corrected chi connectivity index (χ2v) is 5.42. The summed E-state index contributed by atoms with van der Waals surface area (Å²) in [6.07, 6.45) is 0. The van der Waals surface area contributed by atoms with E-state index >= 15 is 0 Å². The van der Waals surface area contributed by atoms with Gasteiger partial charge in [0.25, 0.3) is 0 Å². The monoisotopic (exact) mass is 283 g/mol. The van der Waals surface area contributed by atoms with Crippen LogP contribution in [-0.4, -0.2) is 12.7 Å². The zero-order chi connectivity index (χ0) is 14.1. The van der Waals surface area contributed by atoms with Gasteiger partial charge in [-0.25, -0.2) is 0 Å². The molecule has 0 saturated heterocycles. The molecule has 0 aliphatic heterocycles. The van der Waals surface area contributed by atoms with Crippen LogP contribution in [0, 0.1) is 0 Å². The third kappa shape index (κ3) is 2.15. The van der Waals surface area contributed by atoms with E-state index in [4.69, 9.17) is 14.1 Å². The fraction of sp³-hybridized carbons (Fsp3) is 0.0667. The average molecular weight is 283 g/mol. The Morgan fingerprint density at radius 1 is 1.30 bits per heavy atom. The van der Waals surface area contributed by atoms with Crippen molar-refractivity contribution in [3.05, 3.63) is 51.9 Å². The maximum atomic E-state index is 8.65. The zero-order valence-corrected chi connectivity index (χ0v) is 11.7. The molecule has 0 bridgehead atoms.